The van der Waals surface area contributed by atoms with Crippen molar-refractivity contribution in [1.29, 1.82) is 0 Å². The summed E-state index contributed by atoms with van der Waals surface area (Å²) in [6.45, 7) is 9.64. The van der Waals surface area contributed by atoms with E-state index in [2.05, 4.69) is 24.1 Å². The Labute approximate surface area is 178 Å². The number of nitrogens with zero attached hydrogens (tertiary/aromatic N) is 2. The van der Waals surface area contributed by atoms with Crippen molar-refractivity contribution in [3.05, 3.63) is 54.1 Å². The number of rotatable bonds is 7. The monoisotopic (exact) mass is 409 g/mol. The summed E-state index contributed by atoms with van der Waals surface area (Å²) in [4.78, 5) is 28.8. The van der Waals surface area contributed by atoms with Crippen molar-refractivity contribution in [2.45, 2.75) is 27.2 Å². The molecule has 6 heteroatoms. The number of nitrogens with one attached hydrogen (secondary N) is 1. The van der Waals surface area contributed by atoms with Crippen LogP contribution in [0.4, 0.5) is 11.4 Å². The molecule has 1 aliphatic rings. The number of carbonyl (C=O) groups excluding carboxylic acids is 2. The molecule has 0 radical (unpaired) electrons. The molecule has 3 rings (SSSR count). The lowest BCUT2D eigenvalue weighted by Crippen LogP contribution is -2.48. The minimum absolute atomic E-state index is 0.155. The summed E-state index contributed by atoms with van der Waals surface area (Å²) in [6, 6.07) is 15.0. The predicted octanol–water partition coefficient (Wildman–Crippen LogP) is 4.03. The van der Waals surface area contributed by atoms with Gasteiger partial charge >= 0.3 is 0 Å². The van der Waals surface area contributed by atoms with Gasteiger partial charge in [-0.15, -0.1) is 0 Å². The molecule has 0 aromatic heterocycles. The van der Waals surface area contributed by atoms with Crippen molar-refractivity contribution in [3.8, 4) is 5.75 Å². The molecular weight excluding hydrogens is 378 g/mol. The van der Waals surface area contributed by atoms with E-state index >= 15 is 0 Å². The van der Waals surface area contributed by atoms with E-state index < -0.39 is 0 Å². The minimum atomic E-state index is -0.155. The molecule has 1 aliphatic heterocycles. The van der Waals surface area contributed by atoms with Crippen molar-refractivity contribution in [3.63, 3.8) is 0 Å². The fourth-order valence-electron chi connectivity index (χ4n) is 3.44. The van der Waals surface area contributed by atoms with Crippen molar-refractivity contribution < 1.29 is 14.3 Å². The van der Waals surface area contributed by atoms with Gasteiger partial charge < -0.3 is 19.9 Å². The van der Waals surface area contributed by atoms with Crippen LogP contribution in [0.25, 0.3) is 0 Å². The maximum atomic E-state index is 12.8. The van der Waals surface area contributed by atoms with E-state index in [1.807, 2.05) is 48.2 Å². The zero-order chi connectivity index (χ0) is 21.5. The molecule has 1 heterocycles. The Morgan fingerprint density at radius 3 is 2.30 bits per heavy atom. The molecule has 2 aromatic rings. The summed E-state index contributed by atoms with van der Waals surface area (Å²) in [7, 11) is 0. The predicted molar refractivity (Wildman–Crippen MR) is 120 cm³/mol. The van der Waals surface area contributed by atoms with E-state index in [-0.39, 0.29) is 11.8 Å². The summed E-state index contributed by atoms with van der Waals surface area (Å²) in [5.41, 5.74) is 2.34. The van der Waals surface area contributed by atoms with Crippen LogP contribution in [-0.2, 0) is 4.79 Å². The van der Waals surface area contributed by atoms with Crippen LogP contribution in [0.2, 0.25) is 0 Å². The summed E-state index contributed by atoms with van der Waals surface area (Å²) in [5.74, 6) is 1.25. The third-order valence-corrected chi connectivity index (χ3v) is 5.13. The molecule has 0 saturated carbocycles. The highest BCUT2D eigenvalue weighted by molar-refractivity contribution is 6.06. The zero-order valence-electron chi connectivity index (χ0n) is 18.1. The molecule has 2 aromatic carbocycles. The highest BCUT2D eigenvalue weighted by Gasteiger charge is 2.22. The van der Waals surface area contributed by atoms with Crippen LogP contribution < -0.4 is 15.0 Å². The van der Waals surface area contributed by atoms with Crippen molar-refractivity contribution >= 4 is 23.2 Å². The van der Waals surface area contributed by atoms with Gasteiger partial charge in [-0.05, 0) is 42.3 Å². The third-order valence-electron chi connectivity index (χ3n) is 5.13. The minimum Gasteiger partial charge on any atom is -0.493 e. The largest absolute Gasteiger partial charge is 0.493 e. The Bertz CT molecular complexity index is 856. The van der Waals surface area contributed by atoms with Gasteiger partial charge in [0.05, 0.1) is 18.0 Å². The smallest absolute Gasteiger partial charge is 0.255 e. The first-order valence-electron chi connectivity index (χ1n) is 10.6. The van der Waals surface area contributed by atoms with E-state index in [0.29, 0.717) is 37.6 Å². The van der Waals surface area contributed by atoms with Gasteiger partial charge in [0, 0.05) is 38.2 Å². The molecule has 1 saturated heterocycles. The second kappa shape index (κ2) is 10.1. The van der Waals surface area contributed by atoms with Crippen molar-refractivity contribution in [2.24, 2.45) is 5.92 Å². The molecule has 0 spiro atoms. The number of carbonyl (C=O) groups is 2. The first-order valence-corrected chi connectivity index (χ1v) is 10.6. The van der Waals surface area contributed by atoms with E-state index in [1.54, 1.807) is 12.1 Å². The maximum Gasteiger partial charge on any atom is 0.255 e. The van der Waals surface area contributed by atoms with Gasteiger partial charge in [-0.2, -0.15) is 0 Å². The van der Waals surface area contributed by atoms with Crippen LogP contribution >= 0.6 is 0 Å². The second-order valence-corrected chi connectivity index (χ2v) is 7.92. The topological polar surface area (TPSA) is 61.9 Å². The number of amides is 2. The molecule has 160 valence electrons. The van der Waals surface area contributed by atoms with Crippen LogP contribution in [0.15, 0.2) is 48.5 Å². The molecule has 0 aliphatic carbocycles. The summed E-state index contributed by atoms with van der Waals surface area (Å²) < 4.78 is 5.69. The number of anilines is 2. The summed E-state index contributed by atoms with van der Waals surface area (Å²) >= 11 is 0. The van der Waals surface area contributed by atoms with Gasteiger partial charge in [0.25, 0.3) is 5.91 Å². The SMILES string of the molecule is CCC(=O)N1CCN(c2ccccc2NC(=O)c2ccc(OCC(C)C)cc2)CC1. The van der Waals surface area contributed by atoms with E-state index in [4.69, 9.17) is 4.74 Å². The highest BCUT2D eigenvalue weighted by atomic mass is 16.5. The van der Waals surface area contributed by atoms with Gasteiger partial charge in [0.2, 0.25) is 5.91 Å². The Balaban J connectivity index is 1.65. The number of piperazine rings is 1. The third kappa shape index (κ3) is 5.53. The van der Waals surface area contributed by atoms with Crippen LogP contribution in [0.5, 0.6) is 5.75 Å². The zero-order valence-corrected chi connectivity index (χ0v) is 18.1. The Morgan fingerprint density at radius 1 is 1.00 bits per heavy atom. The molecule has 2 amide bonds. The van der Waals surface area contributed by atoms with Crippen molar-refractivity contribution in [1.82, 2.24) is 4.90 Å². The van der Waals surface area contributed by atoms with Gasteiger partial charge in [-0.1, -0.05) is 32.9 Å². The van der Waals surface area contributed by atoms with E-state index in [9.17, 15) is 9.59 Å². The first kappa shape index (κ1) is 21.7. The van der Waals surface area contributed by atoms with E-state index in [0.717, 1.165) is 30.2 Å². The molecule has 6 nitrogen and oxygen atoms in total. The molecular formula is C24H31N3O3. The maximum absolute atomic E-state index is 12.8. The quantitative estimate of drug-likeness (QED) is 0.750. The molecule has 1 N–H and O–H groups in total. The molecule has 0 unspecified atom stereocenters. The first-order chi connectivity index (χ1) is 14.5. The number of benzene rings is 2. The number of para-hydroxylation sites is 2. The lowest BCUT2D eigenvalue weighted by molar-refractivity contribution is -0.131. The summed E-state index contributed by atoms with van der Waals surface area (Å²) in [6.07, 6.45) is 0.536. The fourth-order valence-corrected chi connectivity index (χ4v) is 3.44. The van der Waals surface area contributed by atoms with Gasteiger partial charge in [-0.3, -0.25) is 9.59 Å². The van der Waals surface area contributed by atoms with Crippen LogP contribution in [0.3, 0.4) is 0 Å². The fraction of sp³-hybridized carbons (Fsp3) is 0.417. The molecule has 0 bridgehead atoms. The van der Waals surface area contributed by atoms with Crippen LogP contribution in [0, 0.1) is 5.92 Å². The Hall–Kier alpha value is -3.02. The lowest BCUT2D eigenvalue weighted by atomic mass is 10.1. The summed E-state index contributed by atoms with van der Waals surface area (Å²) in [5, 5.41) is 3.04. The standard InChI is InChI=1S/C24H31N3O3/c1-4-23(28)27-15-13-26(14-16-27)22-8-6-5-7-21(22)25-24(29)19-9-11-20(12-10-19)30-17-18(2)3/h5-12,18H,4,13-17H2,1-3H3,(H,25,29). The van der Waals surface area contributed by atoms with Gasteiger partial charge in [0.15, 0.2) is 0 Å². The normalized spacial score (nSPS) is 14.0. The van der Waals surface area contributed by atoms with E-state index in [1.165, 1.54) is 0 Å². The van der Waals surface area contributed by atoms with Crippen LogP contribution in [0.1, 0.15) is 37.6 Å². The van der Waals surface area contributed by atoms with Gasteiger partial charge in [-0.25, -0.2) is 0 Å². The number of hydrogen-bond donors (Lipinski definition) is 1. The Morgan fingerprint density at radius 2 is 1.67 bits per heavy atom. The lowest BCUT2D eigenvalue weighted by Gasteiger charge is -2.36. The second-order valence-electron chi connectivity index (χ2n) is 7.92. The van der Waals surface area contributed by atoms with Gasteiger partial charge in [0.1, 0.15) is 5.75 Å². The molecule has 0 atom stereocenters. The average Bonchev–Trinajstić information content (AvgIpc) is 2.78. The van der Waals surface area contributed by atoms with Crippen molar-refractivity contribution in [2.75, 3.05) is 43.0 Å². The van der Waals surface area contributed by atoms with Crippen LogP contribution in [-0.4, -0.2) is 49.5 Å². The Kier molecular flexibility index (Phi) is 7.33. The molecule has 1 fully saturated rings. The number of hydrogen-bond acceptors (Lipinski definition) is 4. The molecule has 30 heavy (non-hydrogen) atoms. The highest BCUT2D eigenvalue weighted by Crippen LogP contribution is 2.27. The average molecular weight is 410 g/mol. The number of ether oxygens (including phenoxy) is 1.